The van der Waals surface area contributed by atoms with Crippen LogP contribution in [0, 0.1) is 5.92 Å². The largest absolute Gasteiger partial charge is 0.390 e. The van der Waals surface area contributed by atoms with Crippen molar-refractivity contribution in [3.63, 3.8) is 0 Å². The Bertz CT molecular complexity index is 141. The zero-order chi connectivity index (χ0) is 9.90. The maximum absolute atomic E-state index is 9.75. The van der Waals surface area contributed by atoms with Crippen LogP contribution < -0.4 is 5.32 Å². The van der Waals surface area contributed by atoms with Crippen molar-refractivity contribution in [2.45, 2.75) is 58.1 Å². The number of rotatable bonds is 3. The Kier molecular flexibility index (Phi) is 3.74. The van der Waals surface area contributed by atoms with Crippen LogP contribution in [0.3, 0.4) is 0 Å². The lowest BCUT2D eigenvalue weighted by atomic mass is 9.80. The second-order valence-corrected chi connectivity index (χ2v) is 5.00. The van der Waals surface area contributed by atoms with E-state index in [0.717, 1.165) is 25.3 Å². The molecule has 78 valence electrons. The summed E-state index contributed by atoms with van der Waals surface area (Å²) >= 11 is 0. The Hall–Kier alpha value is -0.0800. The molecule has 1 aliphatic rings. The van der Waals surface area contributed by atoms with E-state index in [1.165, 1.54) is 12.8 Å². The van der Waals surface area contributed by atoms with Gasteiger partial charge in [-0.05, 0) is 45.1 Å². The van der Waals surface area contributed by atoms with E-state index in [1.54, 1.807) is 0 Å². The molecule has 13 heavy (non-hydrogen) atoms. The first-order chi connectivity index (χ1) is 5.99. The Balaban J connectivity index is 2.18. The summed E-state index contributed by atoms with van der Waals surface area (Å²) < 4.78 is 0. The van der Waals surface area contributed by atoms with Gasteiger partial charge in [0.2, 0.25) is 0 Å². The van der Waals surface area contributed by atoms with Crippen LogP contribution in [-0.2, 0) is 0 Å². The molecular formula is C11H23NO. The minimum absolute atomic E-state index is 0.381. The van der Waals surface area contributed by atoms with Gasteiger partial charge in [-0.3, -0.25) is 0 Å². The fourth-order valence-electron chi connectivity index (χ4n) is 1.91. The van der Waals surface area contributed by atoms with E-state index in [1.807, 2.05) is 6.92 Å². The lowest BCUT2D eigenvalue weighted by Crippen LogP contribution is -2.36. The lowest BCUT2D eigenvalue weighted by Gasteiger charge is -2.33. The third-order valence-corrected chi connectivity index (χ3v) is 3.00. The summed E-state index contributed by atoms with van der Waals surface area (Å²) in [5.41, 5.74) is -0.381. The molecule has 1 rings (SSSR count). The van der Waals surface area contributed by atoms with Gasteiger partial charge in [-0.25, -0.2) is 0 Å². The monoisotopic (exact) mass is 185 g/mol. The number of hydrogen-bond donors (Lipinski definition) is 2. The van der Waals surface area contributed by atoms with Crippen LogP contribution in [0.15, 0.2) is 0 Å². The fourth-order valence-corrected chi connectivity index (χ4v) is 1.91. The van der Waals surface area contributed by atoms with E-state index in [9.17, 15) is 5.11 Å². The first kappa shape index (κ1) is 11.0. The molecule has 0 amide bonds. The minimum Gasteiger partial charge on any atom is -0.390 e. The van der Waals surface area contributed by atoms with E-state index in [-0.39, 0.29) is 5.60 Å². The zero-order valence-corrected chi connectivity index (χ0v) is 9.14. The van der Waals surface area contributed by atoms with Gasteiger partial charge in [-0.15, -0.1) is 0 Å². The number of aliphatic hydroxyl groups is 1. The van der Waals surface area contributed by atoms with Crippen molar-refractivity contribution in [1.29, 1.82) is 0 Å². The molecule has 0 aromatic heterocycles. The number of nitrogens with one attached hydrogen (secondary N) is 1. The topological polar surface area (TPSA) is 32.3 Å². The van der Waals surface area contributed by atoms with Crippen molar-refractivity contribution in [3.8, 4) is 0 Å². The van der Waals surface area contributed by atoms with E-state index in [4.69, 9.17) is 0 Å². The summed E-state index contributed by atoms with van der Waals surface area (Å²) in [5.74, 6) is 0.780. The Labute approximate surface area is 81.7 Å². The van der Waals surface area contributed by atoms with Crippen molar-refractivity contribution in [2.75, 3.05) is 6.54 Å². The van der Waals surface area contributed by atoms with Crippen molar-refractivity contribution in [2.24, 2.45) is 5.92 Å². The van der Waals surface area contributed by atoms with Gasteiger partial charge >= 0.3 is 0 Å². The molecule has 0 atom stereocenters. The molecule has 2 heteroatoms. The normalized spacial score (nSPS) is 35.3. The molecule has 0 aromatic carbocycles. The summed E-state index contributed by atoms with van der Waals surface area (Å²) in [4.78, 5) is 0. The standard InChI is InChI=1S/C11H23NO/c1-9(2)12-8-10-4-6-11(3,13)7-5-10/h9-10,12-13H,4-8H2,1-3H3/t10-,11+. The summed E-state index contributed by atoms with van der Waals surface area (Å²) in [7, 11) is 0. The van der Waals surface area contributed by atoms with Crippen molar-refractivity contribution in [1.82, 2.24) is 5.32 Å². The van der Waals surface area contributed by atoms with Crippen LogP contribution in [0.1, 0.15) is 46.5 Å². The van der Waals surface area contributed by atoms with Crippen LogP contribution in [0.5, 0.6) is 0 Å². The van der Waals surface area contributed by atoms with Gasteiger partial charge in [0.05, 0.1) is 5.60 Å². The van der Waals surface area contributed by atoms with E-state index in [2.05, 4.69) is 19.2 Å². The summed E-state index contributed by atoms with van der Waals surface area (Å²) in [6, 6.07) is 0.586. The van der Waals surface area contributed by atoms with Crippen LogP contribution in [0.4, 0.5) is 0 Å². The van der Waals surface area contributed by atoms with Gasteiger partial charge in [0.25, 0.3) is 0 Å². The van der Waals surface area contributed by atoms with Crippen LogP contribution in [0.2, 0.25) is 0 Å². The fraction of sp³-hybridized carbons (Fsp3) is 1.00. The molecule has 0 unspecified atom stereocenters. The maximum atomic E-state index is 9.75. The van der Waals surface area contributed by atoms with E-state index in [0.29, 0.717) is 6.04 Å². The SMILES string of the molecule is CC(C)NC[C@H]1CC[C@@](C)(O)CC1. The van der Waals surface area contributed by atoms with Crippen LogP contribution in [-0.4, -0.2) is 23.3 Å². The average molecular weight is 185 g/mol. The summed E-state index contributed by atoms with van der Waals surface area (Å²) in [5, 5.41) is 13.2. The molecule has 0 aliphatic heterocycles. The molecule has 2 N–H and O–H groups in total. The molecule has 1 saturated carbocycles. The van der Waals surface area contributed by atoms with Crippen molar-refractivity contribution < 1.29 is 5.11 Å². The van der Waals surface area contributed by atoms with Crippen molar-refractivity contribution >= 4 is 0 Å². The highest BCUT2D eigenvalue weighted by Crippen LogP contribution is 2.31. The van der Waals surface area contributed by atoms with E-state index < -0.39 is 0 Å². The Morgan fingerprint density at radius 3 is 2.38 bits per heavy atom. The maximum Gasteiger partial charge on any atom is 0.0620 e. The molecule has 0 aromatic rings. The third kappa shape index (κ3) is 4.10. The van der Waals surface area contributed by atoms with Gasteiger partial charge in [0.1, 0.15) is 0 Å². The first-order valence-electron chi connectivity index (χ1n) is 5.45. The Morgan fingerprint density at radius 1 is 1.38 bits per heavy atom. The van der Waals surface area contributed by atoms with Gasteiger partial charge in [0, 0.05) is 6.04 Å². The summed E-state index contributed by atoms with van der Waals surface area (Å²) in [6.07, 6.45) is 4.29. The van der Waals surface area contributed by atoms with Crippen molar-refractivity contribution in [3.05, 3.63) is 0 Å². The first-order valence-corrected chi connectivity index (χ1v) is 5.45. The van der Waals surface area contributed by atoms with Gasteiger partial charge in [-0.2, -0.15) is 0 Å². The van der Waals surface area contributed by atoms with Crippen LogP contribution in [0.25, 0.3) is 0 Å². The minimum atomic E-state index is -0.381. The highest BCUT2D eigenvalue weighted by Gasteiger charge is 2.28. The summed E-state index contributed by atoms with van der Waals surface area (Å²) in [6.45, 7) is 7.44. The lowest BCUT2D eigenvalue weighted by molar-refractivity contribution is 0.00803. The molecule has 0 radical (unpaired) electrons. The third-order valence-electron chi connectivity index (χ3n) is 3.00. The highest BCUT2D eigenvalue weighted by atomic mass is 16.3. The van der Waals surface area contributed by atoms with Gasteiger partial charge < -0.3 is 10.4 Å². The van der Waals surface area contributed by atoms with E-state index >= 15 is 0 Å². The van der Waals surface area contributed by atoms with Gasteiger partial charge in [-0.1, -0.05) is 13.8 Å². The molecule has 0 bridgehead atoms. The second-order valence-electron chi connectivity index (χ2n) is 5.00. The zero-order valence-electron chi connectivity index (χ0n) is 9.14. The quantitative estimate of drug-likeness (QED) is 0.704. The molecule has 0 spiro atoms. The molecular weight excluding hydrogens is 162 g/mol. The average Bonchev–Trinajstić information content (AvgIpc) is 2.02. The highest BCUT2D eigenvalue weighted by molar-refractivity contribution is 4.82. The molecule has 1 aliphatic carbocycles. The second kappa shape index (κ2) is 4.43. The molecule has 2 nitrogen and oxygen atoms in total. The Morgan fingerprint density at radius 2 is 1.92 bits per heavy atom. The van der Waals surface area contributed by atoms with Crippen LogP contribution >= 0.6 is 0 Å². The molecule has 1 fully saturated rings. The predicted molar refractivity (Wildman–Crippen MR) is 55.7 cm³/mol. The predicted octanol–water partition coefficient (Wildman–Crippen LogP) is 1.93. The smallest absolute Gasteiger partial charge is 0.0620 e. The molecule has 0 saturated heterocycles. The molecule has 0 heterocycles. The van der Waals surface area contributed by atoms with Gasteiger partial charge in [0.15, 0.2) is 0 Å². The number of hydrogen-bond acceptors (Lipinski definition) is 2.